The first kappa shape index (κ1) is 17.4. The maximum absolute atomic E-state index is 12.2. The predicted molar refractivity (Wildman–Crippen MR) is 96.4 cm³/mol. The lowest BCUT2D eigenvalue weighted by molar-refractivity contribution is 0.102. The van der Waals surface area contributed by atoms with Gasteiger partial charge in [0.1, 0.15) is 17.2 Å². The zero-order chi connectivity index (χ0) is 18.4. The molecule has 1 aromatic carbocycles. The lowest BCUT2D eigenvalue weighted by Gasteiger charge is -2.07. The van der Waals surface area contributed by atoms with Crippen molar-refractivity contribution in [3.8, 4) is 5.75 Å². The van der Waals surface area contributed by atoms with Crippen molar-refractivity contribution >= 4 is 17.7 Å². The Morgan fingerprint density at radius 2 is 2.04 bits per heavy atom. The van der Waals surface area contributed by atoms with Crippen molar-refractivity contribution in [3.05, 3.63) is 59.6 Å². The van der Waals surface area contributed by atoms with Gasteiger partial charge in [0, 0.05) is 18.8 Å². The lowest BCUT2D eigenvalue weighted by atomic mass is 10.1. The average Bonchev–Trinajstić information content (AvgIpc) is 3.07. The summed E-state index contributed by atoms with van der Waals surface area (Å²) < 4.78 is 10.1. The van der Waals surface area contributed by atoms with E-state index in [1.54, 1.807) is 20.1 Å². The van der Waals surface area contributed by atoms with E-state index in [-0.39, 0.29) is 11.6 Å². The van der Waals surface area contributed by atoms with Crippen LogP contribution in [0, 0.1) is 6.92 Å². The molecule has 0 aliphatic heterocycles. The second-order valence-electron chi connectivity index (χ2n) is 5.57. The molecule has 0 aliphatic carbocycles. The molecule has 8 nitrogen and oxygen atoms in total. The number of anilines is 2. The number of rotatable bonds is 7. The van der Waals surface area contributed by atoms with E-state index in [0.29, 0.717) is 24.1 Å². The van der Waals surface area contributed by atoms with Gasteiger partial charge >= 0.3 is 0 Å². The van der Waals surface area contributed by atoms with Crippen LogP contribution in [0.4, 0.5) is 11.8 Å². The minimum absolute atomic E-state index is 0.243. The highest BCUT2D eigenvalue weighted by molar-refractivity contribution is 6.02. The van der Waals surface area contributed by atoms with Gasteiger partial charge in [-0.05, 0) is 37.1 Å². The molecule has 0 aliphatic rings. The smallest absolute Gasteiger partial charge is 0.275 e. The molecule has 0 saturated heterocycles. The molecule has 2 heterocycles. The van der Waals surface area contributed by atoms with Crippen LogP contribution in [0.15, 0.2) is 47.1 Å². The molecule has 8 heteroatoms. The zero-order valence-corrected chi connectivity index (χ0v) is 14.5. The molecule has 3 aromatic rings. The second-order valence-corrected chi connectivity index (χ2v) is 5.57. The fourth-order valence-electron chi connectivity index (χ4n) is 2.29. The number of ether oxygens (including phenoxy) is 1. The SMILES string of the molecule is COc1ccc(CCNc2nccc(C(=O)Nc3cc(C)on3)n2)cc1. The summed E-state index contributed by atoms with van der Waals surface area (Å²) in [5.74, 6) is 1.80. The van der Waals surface area contributed by atoms with Gasteiger partial charge in [-0.25, -0.2) is 9.97 Å². The number of hydrogen-bond donors (Lipinski definition) is 2. The summed E-state index contributed by atoms with van der Waals surface area (Å²) in [7, 11) is 1.64. The molecule has 2 aromatic heterocycles. The van der Waals surface area contributed by atoms with Gasteiger partial charge in [0.15, 0.2) is 5.82 Å². The van der Waals surface area contributed by atoms with Crippen molar-refractivity contribution in [2.24, 2.45) is 0 Å². The molecule has 0 bridgehead atoms. The quantitative estimate of drug-likeness (QED) is 0.673. The van der Waals surface area contributed by atoms with Crippen molar-refractivity contribution < 1.29 is 14.1 Å². The number of methoxy groups -OCH3 is 1. The molecule has 134 valence electrons. The Bertz CT molecular complexity index is 877. The third-order valence-corrected chi connectivity index (χ3v) is 3.61. The van der Waals surface area contributed by atoms with E-state index in [1.165, 1.54) is 12.3 Å². The van der Waals surface area contributed by atoms with Gasteiger partial charge in [0.05, 0.1) is 7.11 Å². The highest BCUT2D eigenvalue weighted by atomic mass is 16.5. The Kier molecular flexibility index (Phi) is 5.43. The Labute approximate surface area is 150 Å². The Morgan fingerprint density at radius 3 is 2.73 bits per heavy atom. The van der Waals surface area contributed by atoms with Crippen molar-refractivity contribution in [3.63, 3.8) is 0 Å². The Hall–Kier alpha value is -3.42. The van der Waals surface area contributed by atoms with E-state index in [2.05, 4.69) is 25.8 Å². The fraction of sp³-hybridized carbons (Fsp3) is 0.222. The molecule has 0 atom stereocenters. The van der Waals surface area contributed by atoms with E-state index >= 15 is 0 Å². The van der Waals surface area contributed by atoms with Gasteiger partial charge in [-0.3, -0.25) is 4.79 Å². The highest BCUT2D eigenvalue weighted by Gasteiger charge is 2.11. The fourth-order valence-corrected chi connectivity index (χ4v) is 2.29. The molecule has 0 radical (unpaired) electrons. The first-order chi connectivity index (χ1) is 12.6. The topological polar surface area (TPSA) is 102 Å². The van der Waals surface area contributed by atoms with Crippen LogP contribution in [-0.4, -0.2) is 34.7 Å². The third kappa shape index (κ3) is 4.56. The minimum atomic E-state index is -0.376. The van der Waals surface area contributed by atoms with E-state index < -0.39 is 0 Å². The van der Waals surface area contributed by atoms with Crippen molar-refractivity contribution in [2.45, 2.75) is 13.3 Å². The van der Waals surface area contributed by atoms with E-state index in [9.17, 15) is 4.79 Å². The number of benzene rings is 1. The van der Waals surface area contributed by atoms with Crippen molar-refractivity contribution in [1.29, 1.82) is 0 Å². The number of nitrogens with zero attached hydrogens (tertiary/aromatic N) is 3. The minimum Gasteiger partial charge on any atom is -0.497 e. The number of hydrogen-bond acceptors (Lipinski definition) is 7. The van der Waals surface area contributed by atoms with Crippen LogP contribution in [0.1, 0.15) is 21.8 Å². The number of carbonyl (C=O) groups is 1. The predicted octanol–water partition coefficient (Wildman–Crippen LogP) is 2.69. The second kappa shape index (κ2) is 8.11. The normalized spacial score (nSPS) is 10.4. The summed E-state index contributed by atoms with van der Waals surface area (Å²) in [6.07, 6.45) is 2.33. The molecule has 1 amide bonds. The van der Waals surface area contributed by atoms with Crippen molar-refractivity contribution in [2.75, 3.05) is 24.3 Å². The van der Waals surface area contributed by atoms with Gasteiger partial charge in [-0.1, -0.05) is 17.3 Å². The summed E-state index contributed by atoms with van der Waals surface area (Å²) >= 11 is 0. The van der Waals surface area contributed by atoms with E-state index in [0.717, 1.165) is 17.7 Å². The zero-order valence-electron chi connectivity index (χ0n) is 14.5. The summed E-state index contributed by atoms with van der Waals surface area (Å²) in [5.41, 5.74) is 1.40. The van der Waals surface area contributed by atoms with Crippen LogP contribution in [0.5, 0.6) is 5.75 Å². The summed E-state index contributed by atoms with van der Waals surface area (Å²) in [6, 6.07) is 11.0. The summed E-state index contributed by atoms with van der Waals surface area (Å²) in [6.45, 7) is 2.39. The van der Waals surface area contributed by atoms with Gasteiger partial charge in [-0.15, -0.1) is 0 Å². The standard InChI is InChI=1S/C18H19N5O3/c1-12-11-16(23-26-12)22-17(24)15-8-10-20-18(21-15)19-9-7-13-3-5-14(25-2)6-4-13/h3-6,8,10-11H,7,9H2,1-2H3,(H,19,20,21)(H,22,23,24). The molecule has 0 saturated carbocycles. The molecular formula is C18H19N5O3. The van der Waals surface area contributed by atoms with E-state index in [1.807, 2.05) is 24.3 Å². The van der Waals surface area contributed by atoms with Crippen LogP contribution in [0.3, 0.4) is 0 Å². The number of nitrogens with one attached hydrogen (secondary N) is 2. The number of aromatic nitrogens is 3. The van der Waals surface area contributed by atoms with Gasteiger partial charge in [0.25, 0.3) is 5.91 Å². The molecule has 0 spiro atoms. The van der Waals surface area contributed by atoms with Crippen LogP contribution in [0.2, 0.25) is 0 Å². The monoisotopic (exact) mass is 353 g/mol. The van der Waals surface area contributed by atoms with Gasteiger partial charge in [-0.2, -0.15) is 0 Å². The van der Waals surface area contributed by atoms with Crippen LogP contribution in [0.25, 0.3) is 0 Å². The molecule has 2 N–H and O–H groups in total. The molecule has 0 fully saturated rings. The van der Waals surface area contributed by atoms with E-state index in [4.69, 9.17) is 9.26 Å². The molecule has 0 unspecified atom stereocenters. The third-order valence-electron chi connectivity index (χ3n) is 3.61. The number of aryl methyl sites for hydroxylation is 1. The van der Waals surface area contributed by atoms with Crippen LogP contribution in [-0.2, 0) is 6.42 Å². The lowest BCUT2D eigenvalue weighted by Crippen LogP contribution is -2.16. The van der Waals surface area contributed by atoms with Crippen LogP contribution >= 0.6 is 0 Å². The van der Waals surface area contributed by atoms with Crippen molar-refractivity contribution in [1.82, 2.24) is 15.1 Å². The maximum atomic E-state index is 12.2. The Balaban J connectivity index is 1.55. The van der Waals surface area contributed by atoms with Crippen LogP contribution < -0.4 is 15.4 Å². The molecular weight excluding hydrogens is 334 g/mol. The molecule has 3 rings (SSSR count). The average molecular weight is 353 g/mol. The number of carbonyl (C=O) groups excluding carboxylic acids is 1. The molecule has 26 heavy (non-hydrogen) atoms. The Morgan fingerprint density at radius 1 is 1.23 bits per heavy atom. The maximum Gasteiger partial charge on any atom is 0.275 e. The number of amides is 1. The first-order valence-electron chi connectivity index (χ1n) is 8.08. The highest BCUT2D eigenvalue weighted by Crippen LogP contribution is 2.12. The summed E-state index contributed by atoms with van der Waals surface area (Å²) in [5, 5.41) is 9.47. The summed E-state index contributed by atoms with van der Waals surface area (Å²) in [4.78, 5) is 20.6. The first-order valence-corrected chi connectivity index (χ1v) is 8.08. The van der Waals surface area contributed by atoms with Gasteiger partial charge in [0.2, 0.25) is 5.95 Å². The van der Waals surface area contributed by atoms with Gasteiger partial charge < -0.3 is 19.9 Å². The largest absolute Gasteiger partial charge is 0.497 e.